The van der Waals surface area contributed by atoms with E-state index in [2.05, 4.69) is 0 Å². The fourth-order valence-corrected chi connectivity index (χ4v) is 1.78. The summed E-state index contributed by atoms with van der Waals surface area (Å²) in [6, 6.07) is 8.32. The minimum atomic E-state index is -0.917. The highest BCUT2D eigenvalue weighted by molar-refractivity contribution is 5.83. The van der Waals surface area contributed by atoms with Gasteiger partial charge in [0.05, 0.1) is 5.92 Å². The van der Waals surface area contributed by atoms with Crippen LogP contribution in [0, 0.1) is 5.92 Å². The van der Waals surface area contributed by atoms with Gasteiger partial charge in [0.25, 0.3) is 0 Å². The first kappa shape index (κ1) is 15.2. The molecule has 0 aliphatic rings. The van der Waals surface area contributed by atoms with Crippen molar-refractivity contribution in [1.82, 2.24) is 4.90 Å². The number of carbonyl (C=O) groups excluding carboxylic acids is 1. The Morgan fingerprint density at radius 2 is 1.89 bits per heavy atom. The van der Waals surface area contributed by atoms with Crippen LogP contribution in [0.5, 0.6) is 0 Å². The van der Waals surface area contributed by atoms with E-state index in [1.54, 1.807) is 19.1 Å². The Morgan fingerprint density at radius 3 is 2.37 bits per heavy atom. The molecule has 104 valence electrons. The highest BCUT2D eigenvalue weighted by Gasteiger charge is 2.24. The molecular weight excluding hydrogens is 244 g/mol. The Balaban J connectivity index is 2.76. The molecule has 0 aliphatic heterocycles. The van der Waals surface area contributed by atoms with Crippen molar-refractivity contribution in [1.29, 1.82) is 0 Å². The number of nitrogens with two attached hydrogens (primary N) is 1. The monoisotopic (exact) mass is 264 g/mol. The van der Waals surface area contributed by atoms with Gasteiger partial charge in [-0.05, 0) is 12.5 Å². The van der Waals surface area contributed by atoms with Gasteiger partial charge in [0, 0.05) is 13.1 Å². The van der Waals surface area contributed by atoms with Gasteiger partial charge in [-0.25, -0.2) is 0 Å². The van der Waals surface area contributed by atoms with E-state index in [0.717, 1.165) is 5.56 Å². The zero-order chi connectivity index (χ0) is 14.4. The molecule has 0 bridgehead atoms. The van der Waals surface area contributed by atoms with Crippen LogP contribution in [0.3, 0.4) is 0 Å². The van der Waals surface area contributed by atoms with Gasteiger partial charge < -0.3 is 15.7 Å². The van der Waals surface area contributed by atoms with Crippen molar-refractivity contribution in [3.63, 3.8) is 0 Å². The summed E-state index contributed by atoms with van der Waals surface area (Å²) in [5, 5.41) is 8.89. The van der Waals surface area contributed by atoms with E-state index in [9.17, 15) is 9.59 Å². The van der Waals surface area contributed by atoms with Crippen LogP contribution in [-0.2, 0) is 9.59 Å². The summed E-state index contributed by atoms with van der Waals surface area (Å²) in [6.45, 7) is 4.00. The maximum Gasteiger partial charge on any atom is 0.308 e. The Hall–Kier alpha value is -1.88. The lowest BCUT2D eigenvalue weighted by Crippen LogP contribution is -2.42. The average molecular weight is 264 g/mol. The predicted octanol–water partition coefficient (Wildman–Crippen LogP) is 1.26. The van der Waals surface area contributed by atoms with E-state index in [1.807, 2.05) is 25.1 Å². The summed E-state index contributed by atoms with van der Waals surface area (Å²) in [5.74, 6) is -1.77. The lowest BCUT2D eigenvalue weighted by molar-refractivity contribution is -0.143. The highest BCUT2D eigenvalue weighted by Crippen LogP contribution is 2.14. The molecule has 2 atom stereocenters. The molecule has 1 aromatic carbocycles. The number of amides is 1. The summed E-state index contributed by atoms with van der Waals surface area (Å²) >= 11 is 0. The van der Waals surface area contributed by atoms with E-state index in [4.69, 9.17) is 10.8 Å². The third-order valence-corrected chi connectivity index (χ3v) is 3.03. The quantitative estimate of drug-likeness (QED) is 0.810. The summed E-state index contributed by atoms with van der Waals surface area (Å²) in [4.78, 5) is 24.6. The lowest BCUT2D eigenvalue weighted by atomic mass is 10.1. The first-order chi connectivity index (χ1) is 8.97. The van der Waals surface area contributed by atoms with Gasteiger partial charge in [0.15, 0.2) is 0 Å². The van der Waals surface area contributed by atoms with Crippen LogP contribution in [0.25, 0.3) is 0 Å². The number of carbonyl (C=O) groups is 2. The molecule has 0 aromatic heterocycles. The fraction of sp³-hybridized carbons (Fsp3) is 0.429. The zero-order valence-electron chi connectivity index (χ0n) is 11.2. The molecule has 1 aromatic rings. The summed E-state index contributed by atoms with van der Waals surface area (Å²) in [5.41, 5.74) is 6.66. The van der Waals surface area contributed by atoms with Gasteiger partial charge in [0.2, 0.25) is 5.91 Å². The normalized spacial score (nSPS) is 13.6. The molecule has 0 heterocycles. The predicted molar refractivity (Wildman–Crippen MR) is 72.4 cm³/mol. The molecule has 3 N–H and O–H groups in total. The van der Waals surface area contributed by atoms with Crippen LogP contribution >= 0.6 is 0 Å². The van der Waals surface area contributed by atoms with Crippen LogP contribution in [-0.4, -0.2) is 35.0 Å². The standard InChI is InChI=1S/C14H20N2O3/c1-3-16(9-10(2)14(18)19)13(17)12(15)11-7-5-4-6-8-11/h4-8,10,12H,3,9,15H2,1-2H3,(H,18,19)/t10?,12-/m1/s1. The average Bonchev–Trinajstić information content (AvgIpc) is 2.43. The number of rotatable bonds is 6. The smallest absolute Gasteiger partial charge is 0.308 e. The van der Waals surface area contributed by atoms with Crippen molar-refractivity contribution >= 4 is 11.9 Å². The lowest BCUT2D eigenvalue weighted by Gasteiger charge is -2.26. The van der Waals surface area contributed by atoms with Gasteiger partial charge in [-0.1, -0.05) is 37.3 Å². The second kappa shape index (κ2) is 6.89. The number of aliphatic carboxylic acids is 1. The van der Waals surface area contributed by atoms with Crippen LogP contribution in [0.1, 0.15) is 25.5 Å². The Labute approximate surface area is 113 Å². The number of hydrogen-bond acceptors (Lipinski definition) is 3. The van der Waals surface area contributed by atoms with Crippen LogP contribution in [0.15, 0.2) is 30.3 Å². The number of hydrogen-bond donors (Lipinski definition) is 2. The molecule has 1 unspecified atom stereocenters. The van der Waals surface area contributed by atoms with Crippen LogP contribution in [0.4, 0.5) is 0 Å². The van der Waals surface area contributed by atoms with Gasteiger partial charge in [-0.2, -0.15) is 0 Å². The van der Waals surface area contributed by atoms with Crippen molar-refractivity contribution in [2.45, 2.75) is 19.9 Å². The first-order valence-electron chi connectivity index (χ1n) is 6.29. The van der Waals surface area contributed by atoms with E-state index in [0.29, 0.717) is 6.54 Å². The molecule has 0 saturated heterocycles. The summed E-state index contributed by atoms with van der Waals surface area (Å²) in [6.07, 6.45) is 0. The summed E-state index contributed by atoms with van der Waals surface area (Å²) < 4.78 is 0. The van der Waals surface area contributed by atoms with Crippen LogP contribution in [0.2, 0.25) is 0 Å². The van der Waals surface area contributed by atoms with E-state index >= 15 is 0 Å². The Kier molecular flexibility index (Phi) is 5.51. The van der Waals surface area contributed by atoms with Crippen molar-refractivity contribution < 1.29 is 14.7 Å². The van der Waals surface area contributed by atoms with Crippen molar-refractivity contribution in [2.24, 2.45) is 11.7 Å². The SMILES string of the molecule is CCN(CC(C)C(=O)O)C(=O)[C@H](N)c1ccccc1. The molecule has 0 spiro atoms. The first-order valence-corrected chi connectivity index (χ1v) is 6.29. The molecule has 0 radical (unpaired) electrons. The van der Waals surface area contributed by atoms with E-state index in [1.165, 1.54) is 4.90 Å². The Bertz CT molecular complexity index is 434. The number of likely N-dealkylation sites (N-methyl/N-ethyl adjacent to an activating group) is 1. The maximum absolute atomic E-state index is 12.2. The number of nitrogens with zero attached hydrogens (tertiary/aromatic N) is 1. The molecule has 5 heteroatoms. The van der Waals surface area contributed by atoms with Crippen molar-refractivity contribution in [2.75, 3.05) is 13.1 Å². The molecule has 19 heavy (non-hydrogen) atoms. The molecular formula is C14H20N2O3. The van der Waals surface area contributed by atoms with E-state index < -0.39 is 17.9 Å². The third-order valence-electron chi connectivity index (χ3n) is 3.03. The maximum atomic E-state index is 12.2. The van der Waals surface area contributed by atoms with Crippen molar-refractivity contribution in [3.8, 4) is 0 Å². The number of benzene rings is 1. The molecule has 5 nitrogen and oxygen atoms in total. The molecule has 0 saturated carbocycles. The van der Waals surface area contributed by atoms with Gasteiger partial charge >= 0.3 is 5.97 Å². The second-order valence-corrected chi connectivity index (χ2v) is 4.50. The largest absolute Gasteiger partial charge is 0.481 e. The topological polar surface area (TPSA) is 83.6 Å². The van der Waals surface area contributed by atoms with Gasteiger partial charge in [-0.15, -0.1) is 0 Å². The zero-order valence-corrected chi connectivity index (χ0v) is 11.2. The van der Waals surface area contributed by atoms with Gasteiger partial charge in [0.1, 0.15) is 6.04 Å². The number of carboxylic acid groups (broad SMARTS) is 1. The fourth-order valence-electron chi connectivity index (χ4n) is 1.78. The van der Waals surface area contributed by atoms with Crippen LogP contribution < -0.4 is 5.73 Å². The molecule has 0 fully saturated rings. The second-order valence-electron chi connectivity index (χ2n) is 4.50. The highest BCUT2D eigenvalue weighted by atomic mass is 16.4. The summed E-state index contributed by atoms with van der Waals surface area (Å²) in [7, 11) is 0. The third kappa shape index (κ3) is 4.06. The van der Waals surface area contributed by atoms with Crippen molar-refractivity contribution in [3.05, 3.63) is 35.9 Å². The Morgan fingerprint density at radius 1 is 1.32 bits per heavy atom. The molecule has 1 amide bonds. The van der Waals surface area contributed by atoms with E-state index in [-0.39, 0.29) is 12.5 Å². The van der Waals surface area contributed by atoms with Gasteiger partial charge in [-0.3, -0.25) is 9.59 Å². The minimum Gasteiger partial charge on any atom is -0.481 e. The molecule has 1 rings (SSSR count). The number of carboxylic acids is 1. The molecule has 0 aliphatic carbocycles. The minimum absolute atomic E-state index is 0.172.